The summed E-state index contributed by atoms with van der Waals surface area (Å²) in [7, 11) is 0. The number of hydrogen-bond acceptors (Lipinski definition) is 2. The van der Waals surface area contributed by atoms with Crippen molar-refractivity contribution in [2.24, 2.45) is 0 Å². The van der Waals surface area contributed by atoms with Crippen LogP contribution in [0.4, 0.5) is 27.6 Å². The highest BCUT2D eigenvalue weighted by Gasteiger charge is 2.65. The summed E-state index contributed by atoms with van der Waals surface area (Å²) in [6.07, 6.45) is -5.97. The lowest BCUT2D eigenvalue weighted by Crippen LogP contribution is -2.52. The van der Waals surface area contributed by atoms with E-state index in [1.54, 1.807) is 0 Å². The first kappa shape index (κ1) is 15.4. The molecule has 1 amide bonds. The number of Topliss-reactive ketones (excluding diaryl/α,β-unsaturated/α-hetero) is 1. The number of para-hydroxylation sites is 1. The topological polar surface area (TPSA) is 37.4 Å². The highest BCUT2D eigenvalue weighted by atomic mass is 19.4. The molecule has 0 saturated heterocycles. The predicted molar refractivity (Wildman–Crippen MR) is 63.4 cm³/mol. The molecule has 0 N–H and O–H groups in total. The monoisotopic (exact) mass is 307 g/mol. The van der Waals surface area contributed by atoms with Gasteiger partial charge < -0.3 is 4.90 Å². The third kappa shape index (κ3) is 2.62. The van der Waals surface area contributed by atoms with Crippen LogP contribution < -0.4 is 4.90 Å². The standard InChI is InChI=1S/C13H10F5NO2/c14-12(15,13(16,17)18)11(21)19-7-3-6-10(20)8-4-1-2-5-9(8)19/h1-2,4-5H,3,6-7H2. The lowest BCUT2D eigenvalue weighted by Gasteiger charge is -2.27. The Balaban J connectivity index is 2.47. The Labute approximate surface area is 116 Å². The van der Waals surface area contributed by atoms with Crippen LogP contribution in [0.2, 0.25) is 0 Å². The van der Waals surface area contributed by atoms with Crippen LogP contribution in [-0.2, 0) is 4.79 Å². The van der Waals surface area contributed by atoms with E-state index >= 15 is 0 Å². The zero-order valence-corrected chi connectivity index (χ0v) is 10.6. The number of anilines is 1. The van der Waals surface area contributed by atoms with Crippen molar-refractivity contribution >= 4 is 17.4 Å². The van der Waals surface area contributed by atoms with E-state index in [4.69, 9.17) is 0 Å². The molecule has 2 rings (SSSR count). The molecule has 1 aromatic rings. The van der Waals surface area contributed by atoms with Gasteiger partial charge in [-0.05, 0) is 18.6 Å². The number of nitrogens with zero attached hydrogens (tertiary/aromatic N) is 1. The van der Waals surface area contributed by atoms with Crippen molar-refractivity contribution in [1.29, 1.82) is 0 Å². The van der Waals surface area contributed by atoms with E-state index in [1.807, 2.05) is 0 Å². The Bertz CT molecular complexity index is 582. The maximum Gasteiger partial charge on any atom is 0.463 e. The predicted octanol–water partition coefficient (Wildman–Crippen LogP) is 3.19. The van der Waals surface area contributed by atoms with Gasteiger partial charge in [0.2, 0.25) is 0 Å². The maximum absolute atomic E-state index is 13.2. The van der Waals surface area contributed by atoms with Gasteiger partial charge in [0.1, 0.15) is 0 Å². The number of carbonyl (C=O) groups is 2. The zero-order chi connectivity index (χ0) is 15.8. The van der Waals surface area contributed by atoms with E-state index in [2.05, 4.69) is 0 Å². The van der Waals surface area contributed by atoms with Crippen molar-refractivity contribution in [3.05, 3.63) is 29.8 Å². The minimum Gasteiger partial charge on any atom is -0.306 e. The Hall–Kier alpha value is -1.99. The first-order chi connectivity index (χ1) is 9.66. The fourth-order valence-electron chi connectivity index (χ4n) is 2.10. The number of alkyl halides is 5. The first-order valence-corrected chi connectivity index (χ1v) is 6.05. The van der Waals surface area contributed by atoms with Crippen LogP contribution in [0, 0.1) is 0 Å². The zero-order valence-electron chi connectivity index (χ0n) is 10.6. The number of carbonyl (C=O) groups excluding carboxylic acids is 2. The van der Waals surface area contributed by atoms with Gasteiger partial charge in [0.15, 0.2) is 5.78 Å². The number of ketones is 1. The van der Waals surface area contributed by atoms with Gasteiger partial charge in [0, 0.05) is 18.5 Å². The van der Waals surface area contributed by atoms with E-state index in [-0.39, 0.29) is 30.6 Å². The molecule has 0 atom stereocenters. The fourth-order valence-corrected chi connectivity index (χ4v) is 2.10. The molecule has 114 valence electrons. The molecule has 0 aromatic heterocycles. The fraction of sp³-hybridized carbons (Fsp3) is 0.385. The normalized spacial score (nSPS) is 16.4. The Morgan fingerprint density at radius 3 is 2.33 bits per heavy atom. The average molecular weight is 307 g/mol. The van der Waals surface area contributed by atoms with E-state index in [1.165, 1.54) is 24.3 Å². The van der Waals surface area contributed by atoms with Crippen molar-refractivity contribution < 1.29 is 31.5 Å². The number of fused-ring (bicyclic) bond motifs is 1. The number of hydrogen-bond donors (Lipinski definition) is 0. The molecule has 1 heterocycles. The highest BCUT2D eigenvalue weighted by molar-refractivity contribution is 6.08. The molecule has 3 nitrogen and oxygen atoms in total. The number of amides is 1. The van der Waals surface area contributed by atoms with Gasteiger partial charge in [-0.2, -0.15) is 22.0 Å². The molecule has 0 aliphatic carbocycles. The average Bonchev–Trinajstić information content (AvgIpc) is 2.57. The van der Waals surface area contributed by atoms with Gasteiger partial charge in [-0.25, -0.2) is 0 Å². The second kappa shape index (κ2) is 5.09. The summed E-state index contributed by atoms with van der Waals surface area (Å²) in [5, 5.41) is 0. The summed E-state index contributed by atoms with van der Waals surface area (Å²) in [4.78, 5) is 23.7. The quantitative estimate of drug-likeness (QED) is 0.747. The molecule has 1 aliphatic heterocycles. The summed E-state index contributed by atoms with van der Waals surface area (Å²) in [6, 6.07) is 5.30. The summed E-state index contributed by atoms with van der Waals surface area (Å²) in [6.45, 7) is -0.368. The molecule has 0 spiro atoms. The molecular weight excluding hydrogens is 297 g/mol. The van der Waals surface area contributed by atoms with Crippen molar-refractivity contribution in [2.45, 2.75) is 24.9 Å². The largest absolute Gasteiger partial charge is 0.463 e. The lowest BCUT2D eigenvalue weighted by molar-refractivity contribution is -0.268. The summed E-state index contributed by atoms with van der Waals surface area (Å²) >= 11 is 0. The third-order valence-corrected chi connectivity index (χ3v) is 3.15. The van der Waals surface area contributed by atoms with Gasteiger partial charge in [-0.15, -0.1) is 0 Å². The second-order valence-corrected chi connectivity index (χ2v) is 4.57. The van der Waals surface area contributed by atoms with Gasteiger partial charge in [-0.3, -0.25) is 9.59 Å². The lowest BCUT2D eigenvalue weighted by atomic mass is 10.1. The van der Waals surface area contributed by atoms with Crippen molar-refractivity contribution in [2.75, 3.05) is 11.4 Å². The SMILES string of the molecule is O=C1CCCN(C(=O)C(F)(F)C(F)(F)F)c2ccccc21. The minimum absolute atomic E-state index is 0.0155. The molecule has 0 saturated carbocycles. The number of halogens is 5. The van der Waals surface area contributed by atoms with Gasteiger partial charge in [0.05, 0.1) is 5.69 Å². The van der Waals surface area contributed by atoms with Crippen LogP contribution in [0.25, 0.3) is 0 Å². The maximum atomic E-state index is 13.2. The molecule has 1 aromatic carbocycles. The van der Waals surface area contributed by atoms with Crippen LogP contribution in [0.15, 0.2) is 24.3 Å². The minimum atomic E-state index is -5.98. The Morgan fingerprint density at radius 2 is 1.71 bits per heavy atom. The first-order valence-electron chi connectivity index (χ1n) is 6.05. The number of benzene rings is 1. The van der Waals surface area contributed by atoms with E-state index in [0.29, 0.717) is 4.90 Å². The van der Waals surface area contributed by atoms with Crippen molar-refractivity contribution in [3.8, 4) is 0 Å². The molecule has 0 radical (unpaired) electrons. The van der Waals surface area contributed by atoms with Gasteiger partial charge in [-0.1, -0.05) is 12.1 Å². The Morgan fingerprint density at radius 1 is 1.10 bits per heavy atom. The van der Waals surface area contributed by atoms with Crippen LogP contribution in [0.5, 0.6) is 0 Å². The molecule has 1 aliphatic rings. The van der Waals surface area contributed by atoms with E-state index < -0.39 is 23.8 Å². The molecule has 21 heavy (non-hydrogen) atoms. The highest BCUT2D eigenvalue weighted by Crippen LogP contribution is 2.39. The molecular formula is C13H10F5NO2. The molecule has 8 heteroatoms. The summed E-state index contributed by atoms with van der Waals surface area (Å²) in [5.74, 6) is -8.25. The molecule has 0 bridgehead atoms. The second-order valence-electron chi connectivity index (χ2n) is 4.57. The van der Waals surface area contributed by atoms with Crippen LogP contribution in [0.1, 0.15) is 23.2 Å². The van der Waals surface area contributed by atoms with Gasteiger partial charge >= 0.3 is 18.0 Å². The van der Waals surface area contributed by atoms with Gasteiger partial charge in [0.25, 0.3) is 0 Å². The Kier molecular flexibility index (Phi) is 3.73. The third-order valence-electron chi connectivity index (χ3n) is 3.15. The number of rotatable bonds is 1. The summed E-state index contributed by atoms with van der Waals surface area (Å²) < 4.78 is 63.4. The van der Waals surface area contributed by atoms with Crippen molar-refractivity contribution in [1.82, 2.24) is 0 Å². The van der Waals surface area contributed by atoms with Crippen LogP contribution in [0.3, 0.4) is 0 Å². The molecule has 0 fully saturated rings. The van der Waals surface area contributed by atoms with E-state index in [9.17, 15) is 31.5 Å². The summed E-state index contributed by atoms with van der Waals surface area (Å²) in [5.41, 5.74) is -0.241. The van der Waals surface area contributed by atoms with Crippen LogP contribution in [-0.4, -0.2) is 30.3 Å². The van der Waals surface area contributed by atoms with Crippen LogP contribution >= 0.6 is 0 Å². The molecule has 0 unspecified atom stereocenters. The van der Waals surface area contributed by atoms with E-state index in [0.717, 1.165) is 0 Å². The van der Waals surface area contributed by atoms with Crippen molar-refractivity contribution in [3.63, 3.8) is 0 Å². The smallest absolute Gasteiger partial charge is 0.306 e.